The Balaban J connectivity index is 1.07. The monoisotopic (exact) mass is 627 g/mol. The second-order valence-corrected chi connectivity index (χ2v) is 11.4. The van der Waals surface area contributed by atoms with Crippen molar-refractivity contribution in [2.75, 3.05) is 19.0 Å². The number of ketones is 4. The molecule has 0 saturated carbocycles. The molecule has 46 heavy (non-hydrogen) atoms. The largest absolute Gasteiger partial charge is 0.497 e. The number of Topliss-reactive ketones (excluding diaryl/α,β-unsaturated/α-hetero) is 3. The van der Waals surface area contributed by atoms with Gasteiger partial charge in [0.2, 0.25) is 17.3 Å². The predicted molar refractivity (Wildman–Crippen MR) is 177 cm³/mol. The molecule has 8 nitrogen and oxygen atoms in total. The van der Waals surface area contributed by atoms with Gasteiger partial charge in [-0.1, -0.05) is 54.1 Å². The first-order valence-corrected chi connectivity index (χ1v) is 15.0. The fourth-order valence-electron chi connectivity index (χ4n) is 5.86. The van der Waals surface area contributed by atoms with Crippen LogP contribution in [0.3, 0.4) is 0 Å². The van der Waals surface area contributed by atoms with Gasteiger partial charge in [0.25, 0.3) is 0 Å². The predicted octanol–water partition coefficient (Wildman–Crippen LogP) is 6.88. The summed E-state index contributed by atoms with van der Waals surface area (Å²) in [6.07, 6.45) is 3.90. The molecule has 0 radical (unpaired) electrons. The number of halogens is 1. The molecule has 0 bridgehead atoms. The van der Waals surface area contributed by atoms with E-state index in [1.54, 1.807) is 67.8 Å². The SMILES string of the molecule is COc1ccc(NC2=C(Cl)C(=O)c3cc(-c4ccc5c(CCNC6=CC(=O)c7ccccc7C6=O)c[nH]c5c4)ccc3C2=O)cc1. The minimum absolute atomic E-state index is 0.0347. The van der Waals surface area contributed by atoms with E-state index in [4.69, 9.17) is 16.3 Å². The Hall–Kier alpha value is -5.73. The highest BCUT2D eigenvalue weighted by molar-refractivity contribution is 6.50. The van der Waals surface area contributed by atoms with Crippen LogP contribution in [0.25, 0.3) is 22.0 Å². The lowest BCUT2D eigenvalue weighted by molar-refractivity contribution is 0.0978. The van der Waals surface area contributed by atoms with Crippen LogP contribution >= 0.6 is 11.6 Å². The standard InChI is InChI=1S/C37H26ClN3O5/c1-46-24-10-8-23(9-11-24)41-34-33(38)36(44)29-16-20(7-13-28(29)37(34)45)21-6-12-25-22(19-40-30(25)17-21)14-15-39-31-18-32(42)26-4-2-3-5-27(26)35(31)43/h2-13,16-19,39-41H,14-15H2,1H3. The number of aromatic nitrogens is 1. The molecule has 0 saturated heterocycles. The van der Waals surface area contributed by atoms with Crippen LogP contribution in [0, 0.1) is 0 Å². The summed E-state index contributed by atoms with van der Waals surface area (Å²) >= 11 is 6.45. The van der Waals surface area contributed by atoms with E-state index < -0.39 is 5.78 Å². The van der Waals surface area contributed by atoms with Crippen molar-refractivity contribution in [3.63, 3.8) is 0 Å². The Morgan fingerprint density at radius 3 is 2.26 bits per heavy atom. The topological polar surface area (TPSA) is 117 Å². The molecule has 4 aromatic carbocycles. The minimum atomic E-state index is -0.429. The zero-order valence-electron chi connectivity index (χ0n) is 24.6. The van der Waals surface area contributed by atoms with Gasteiger partial charge in [-0.25, -0.2) is 0 Å². The summed E-state index contributed by atoms with van der Waals surface area (Å²) in [6, 6.07) is 24.9. The highest BCUT2D eigenvalue weighted by atomic mass is 35.5. The van der Waals surface area contributed by atoms with E-state index in [2.05, 4.69) is 15.6 Å². The minimum Gasteiger partial charge on any atom is -0.497 e. The lowest BCUT2D eigenvalue weighted by atomic mass is 9.89. The van der Waals surface area contributed by atoms with Gasteiger partial charge in [0.1, 0.15) is 16.5 Å². The van der Waals surface area contributed by atoms with Gasteiger partial charge in [0, 0.05) is 57.7 Å². The van der Waals surface area contributed by atoms with Gasteiger partial charge in [0.05, 0.1) is 12.8 Å². The number of ether oxygens (including phenoxy) is 1. The fraction of sp³-hybridized carbons (Fsp3) is 0.0811. The number of benzene rings is 4. The summed E-state index contributed by atoms with van der Waals surface area (Å²) in [5, 5.41) is 6.98. The molecule has 0 fully saturated rings. The van der Waals surface area contributed by atoms with Crippen LogP contribution in [-0.2, 0) is 6.42 Å². The lowest BCUT2D eigenvalue weighted by Gasteiger charge is -2.20. The number of anilines is 1. The van der Waals surface area contributed by atoms with Crippen LogP contribution in [0.1, 0.15) is 47.0 Å². The number of fused-ring (bicyclic) bond motifs is 3. The molecule has 9 heteroatoms. The Labute approximate surface area is 268 Å². The molecular weight excluding hydrogens is 602 g/mol. The number of methoxy groups -OCH3 is 1. The first kappa shape index (κ1) is 29.0. The Bertz CT molecular complexity index is 2180. The highest BCUT2D eigenvalue weighted by Crippen LogP contribution is 2.34. The molecule has 5 aromatic rings. The van der Waals surface area contributed by atoms with Crippen molar-refractivity contribution in [2.45, 2.75) is 6.42 Å². The van der Waals surface area contributed by atoms with Crippen molar-refractivity contribution in [2.24, 2.45) is 0 Å². The van der Waals surface area contributed by atoms with Gasteiger partial charge >= 0.3 is 0 Å². The molecule has 1 aromatic heterocycles. The third kappa shape index (κ3) is 5.08. The van der Waals surface area contributed by atoms with Crippen molar-refractivity contribution >= 4 is 51.3 Å². The molecule has 0 spiro atoms. The number of hydrogen-bond donors (Lipinski definition) is 3. The van der Waals surface area contributed by atoms with Crippen molar-refractivity contribution in [1.29, 1.82) is 0 Å². The first-order valence-electron chi connectivity index (χ1n) is 14.6. The molecule has 7 rings (SSSR count). The Morgan fingerprint density at radius 2 is 1.48 bits per heavy atom. The molecule has 0 aliphatic heterocycles. The molecule has 2 aliphatic rings. The highest BCUT2D eigenvalue weighted by Gasteiger charge is 2.32. The number of nitrogens with one attached hydrogen (secondary N) is 3. The van der Waals surface area contributed by atoms with Crippen molar-refractivity contribution in [1.82, 2.24) is 10.3 Å². The van der Waals surface area contributed by atoms with Gasteiger partial charge in [0.15, 0.2) is 5.78 Å². The molecule has 1 heterocycles. The van der Waals surface area contributed by atoms with E-state index >= 15 is 0 Å². The number of rotatable bonds is 8. The normalized spacial score (nSPS) is 14.3. The molecular formula is C37H26ClN3O5. The zero-order chi connectivity index (χ0) is 31.9. The molecule has 226 valence electrons. The average molecular weight is 628 g/mol. The zero-order valence-corrected chi connectivity index (χ0v) is 25.3. The van der Waals surface area contributed by atoms with Crippen molar-refractivity contribution in [3.05, 3.63) is 141 Å². The first-order chi connectivity index (χ1) is 22.3. The van der Waals surface area contributed by atoms with Crippen LogP contribution in [0.4, 0.5) is 5.69 Å². The van der Waals surface area contributed by atoms with Gasteiger partial charge in [-0.15, -0.1) is 0 Å². The molecule has 0 unspecified atom stereocenters. The van der Waals surface area contributed by atoms with Gasteiger partial charge in [-0.05, 0) is 65.6 Å². The summed E-state index contributed by atoms with van der Waals surface area (Å²) in [5.74, 6) is -0.503. The van der Waals surface area contributed by atoms with E-state index in [-0.39, 0.29) is 39.2 Å². The summed E-state index contributed by atoms with van der Waals surface area (Å²) in [5.41, 5.74) is 5.87. The van der Waals surface area contributed by atoms with Gasteiger partial charge < -0.3 is 20.4 Å². The van der Waals surface area contributed by atoms with Gasteiger partial charge in [-0.2, -0.15) is 0 Å². The smallest absolute Gasteiger partial charge is 0.211 e. The maximum Gasteiger partial charge on any atom is 0.211 e. The molecule has 0 amide bonds. The van der Waals surface area contributed by atoms with E-state index in [9.17, 15) is 19.2 Å². The number of carbonyl (C=O) groups excluding carboxylic acids is 4. The Kier molecular flexibility index (Phi) is 7.34. The fourth-order valence-corrected chi connectivity index (χ4v) is 6.09. The van der Waals surface area contributed by atoms with Crippen molar-refractivity contribution in [3.8, 4) is 16.9 Å². The van der Waals surface area contributed by atoms with Gasteiger partial charge in [-0.3, -0.25) is 19.2 Å². The summed E-state index contributed by atoms with van der Waals surface area (Å²) in [4.78, 5) is 55.3. The maximum atomic E-state index is 13.4. The number of hydrogen-bond acceptors (Lipinski definition) is 7. The number of allylic oxidation sites excluding steroid dienone is 4. The van der Waals surface area contributed by atoms with Crippen molar-refractivity contribution < 1.29 is 23.9 Å². The van der Waals surface area contributed by atoms with E-state index in [0.717, 1.165) is 27.6 Å². The second kappa shape index (κ2) is 11.6. The lowest BCUT2D eigenvalue weighted by Crippen LogP contribution is -2.28. The quantitative estimate of drug-likeness (QED) is 0.172. The van der Waals surface area contributed by atoms with Crippen LogP contribution in [0.5, 0.6) is 5.75 Å². The Morgan fingerprint density at radius 1 is 0.761 bits per heavy atom. The molecule has 0 atom stereocenters. The van der Waals surface area contributed by atoms with E-state index in [1.165, 1.54) is 6.08 Å². The van der Waals surface area contributed by atoms with E-state index in [0.29, 0.717) is 41.2 Å². The van der Waals surface area contributed by atoms with E-state index in [1.807, 2.05) is 30.5 Å². The van der Waals surface area contributed by atoms with Crippen LogP contribution < -0.4 is 15.4 Å². The number of carbonyl (C=O) groups is 4. The average Bonchev–Trinajstić information content (AvgIpc) is 3.50. The maximum absolute atomic E-state index is 13.4. The molecule has 2 aliphatic carbocycles. The summed E-state index contributed by atoms with van der Waals surface area (Å²) < 4.78 is 5.18. The summed E-state index contributed by atoms with van der Waals surface area (Å²) in [6.45, 7) is 0.465. The second-order valence-electron chi connectivity index (χ2n) is 11.0. The van der Waals surface area contributed by atoms with Crippen LogP contribution in [0.2, 0.25) is 0 Å². The van der Waals surface area contributed by atoms with Crippen LogP contribution in [0.15, 0.2) is 114 Å². The number of H-pyrrole nitrogens is 1. The third-order valence-electron chi connectivity index (χ3n) is 8.28. The third-order valence-corrected chi connectivity index (χ3v) is 8.64. The van der Waals surface area contributed by atoms with Crippen LogP contribution in [-0.4, -0.2) is 41.8 Å². The molecule has 3 N–H and O–H groups in total. The number of aromatic amines is 1. The summed E-state index contributed by atoms with van der Waals surface area (Å²) in [7, 11) is 1.56.